The first-order valence-electron chi connectivity index (χ1n) is 5.36. The van der Waals surface area contributed by atoms with E-state index in [1.165, 1.54) is 19.2 Å². The van der Waals surface area contributed by atoms with E-state index in [2.05, 4.69) is 4.72 Å². The first-order valence-corrected chi connectivity index (χ1v) is 7.22. The van der Waals surface area contributed by atoms with Gasteiger partial charge < -0.3 is 10.5 Å². The number of aryl methyl sites for hydroxylation is 1. The van der Waals surface area contributed by atoms with Gasteiger partial charge in [-0.1, -0.05) is 11.6 Å². The van der Waals surface area contributed by atoms with Crippen LogP contribution >= 0.6 is 11.6 Å². The van der Waals surface area contributed by atoms with Crippen molar-refractivity contribution in [3.8, 4) is 0 Å². The fraction of sp³-hybridized carbons (Fsp3) is 0.455. The molecule has 1 rings (SSSR count). The molecule has 0 aliphatic carbocycles. The van der Waals surface area contributed by atoms with E-state index in [1.54, 1.807) is 13.8 Å². The topological polar surface area (TPSA) is 81.4 Å². The van der Waals surface area contributed by atoms with E-state index < -0.39 is 10.0 Å². The molecule has 102 valence electrons. The molecule has 1 unspecified atom stereocenters. The molecule has 0 saturated heterocycles. The zero-order valence-electron chi connectivity index (χ0n) is 10.5. The molecule has 0 spiro atoms. The van der Waals surface area contributed by atoms with Crippen LogP contribution in [0.15, 0.2) is 17.0 Å². The molecule has 0 aliphatic rings. The number of halogens is 1. The molecule has 0 amide bonds. The van der Waals surface area contributed by atoms with Gasteiger partial charge in [-0.25, -0.2) is 13.1 Å². The van der Waals surface area contributed by atoms with Gasteiger partial charge in [0, 0.05) is 19.3 Å². The Morgan fingerprint density at radius 3 is 2.67 bits per heavy atom. The van der Waals surface area contributed by atoms with Crippen LogP contribution in [0.5, 0.6) is 0 Å². The number of ether oxygens (including phenoxy) is 1. The first-order chi connectivity index (χ1) is 8.27. The van der Waals surface area contributed by atoms with Gasteiger partial charge in [-0.2, -0.15) is 0 Å². The van der Waals surface area contributed by atoms with Crippen LogP contribution in [0, 0.1) is 6.92 Å². The lowest BCUT2D eigenvalue weighted by Crippen LogP contribution is -2.31. The third-order valence-corrected chi connectivity index (χ3v) is 4.46. The highest BCUT2D eigenvalue weighted by atomic mass is 35.5. The van der Waals surface area contributed by atoms with Crippen LogP contribution in [0.3, 0.4) is 0 Å². The van der Waals surface area contributed by atoms with Crippen LogP contribution in [-0.4, -0.2) is 28.2 Å². The average molecular weight is 293 g/mol. The molecule has 7 heteroatoms. The summed E-state index contributed by atoms with van der Waals surface area (Å²) in [6, 6.07) is 2.89. The van der Waals surface area contributed by atoms with Crippen LogP contribution in [-0.2, 0) is 14.8 Å². The summed E-state index contributed by atoms with van der Waals surface area (Å²) in [6.07, 6.45) is -0.221. The average Bonchev–Trinajstić information content (AvgIpc) is 2.30. The van der Waals surface area contributed by atoms with Gasteiger partial charge in [-0.3, -0.25) is 0 Å². The molecule has 18 heavy (non-hydrogen) atoms. The number of nitrogen functional groups attached to an aromatic ring is 1. The Morgan fingerprint density at radius 1 is 1.50 bits per heavy atom. The van der Waals surface area contributed by atoms with Gasteiger partial charge in [0.25, 0.3) is 0 Å². The van der Waals surface area contributed by atoms with Crippen LogP contribution in [0.25, 0.3) is 0 Å². The van der Waals surface area contributed by atoms with Crippen LogP contribution in [0.2, 0.25) is 5.02 Å². The maximum atomic E-state index is 12.0. The summed E-state index contributed by atoms with van der Waals surface area (Å²) in [5.74, 6) is 0. The lowest BCUT2D eigenvalue weighted by Gasteiger charge is -2.13. The maximum absolute atomic E-state index is 12.0. The lowest BCUT2D eigenvalue weighted by molar-refractivity contribution is 0.122. The second kappa shape index (κ2) is 5.88. The van der Waals surface area contributed by atoms with E-state index in [1.807, 2.05) is 0 Å². The molecule has 0 aliphatic heterocycles. The van der Waals surface area contributed by atoms with E-state index in [-0.39, 0.29) is 22.6 Å². The summed E-state index contributed by atoms with van der Waals surface area (Å²) in [5, 5.41) is 0.152. The second-order valence-corrected chi connectivity index (χ2v) is 6.18. The smallest absolute Gasteiger partial charge is 0.242 e. The molecule has 1 atom stereocenters. The minimum absolute atomic E-state index is 0.0180. The van der Waals surface area contributed by atoms with Gasteiger partial charge in [-0.05, 0) is 31.5 Å². The van der Waals surface area contributed by atoms with E-state index in [0.717, 1.165) is 5.56 Å². The highest BCUT2D eigenvalue weighted by molar-refractivity contribution is 7.89. The van der Waals surface area contributed by atoms with Gasteiger partial charge >= 0.3 is 0 Å². The quantitative estimate of drug-likeness (QED) is 0.807. The number of benzene rings is 1. The van der Waals surface area contributed by atoms with E-state index in [9.17, 15) is 8.42 Å². The first kappa shape index (κ1) is 15.2. The minimum atomic E-state index is -3.68. The van der Waals surface area contributed by atoms with E-state index in [0.29, 0.717) is 5.69 Å². The number of nitrogens with two attached hydrogens (primary N) is 1. The fourth-order valence-electron chi connectivity index (χ4n) is 1.26. The molecular weight excluding hydrogens is 276 g/mol. The normalized spacial score (nSPS) is 13.6. The summed E-state index contributed by atoms with van der Waals surface area (Å²) in [6.45, 7) is 3.69. The Kier molecular flexibility index (Phi) is 4.98. The SMILES string of the molecule is COC(C)CNS(=O)(=O)c1cc(N)c(C)cc1Cl. The van der Waals surface area contributed by atoms with Gasteiger partial charge in [0.05, 0.1) is 11.1 Å². The zero-order valence-corrected chi connectivity index (χ0v) is 12.1. The molecular formula is C11H17ClN2O3S. The standard InChI is InChI=1S/C11H17ClN2O3S/c1-7-4-9(12)11(5-10(7)13)18(15,16)14-6-8(2)17-3/h4-5,8,14H,6,13H2,1-3H3. The monoisotopic (exact) mass is 292 g/mol. The number of anilines is 1. The molecule has 0 aromatic heterocycles. The fourth-order valence-corrected chi connectivity index (χ4v) is 2.99. The van der Waals surface area contributed by atoms with Crippen molar-refractivity contribution in [3.05, 3.63) is 22.7 Å². The Morgan fingerprint density at radius 2 is 2.11 bits per heavy atom. The van der Waals surface area contributed by atoms with Gasteiger partial charge in [-0.15, -0.1) is 0 Å². The Labute approximate surface area is 112 Å². The van der Waals surface area contributed by atoms with Crippen LogP contribution in [0.1, 0.15) is 12.5 Å². The van der Waals surface area contributed by atoms with E-state index >= 15 is 0 Å². The number of rotatable bonds is 5. The van der Waals surface area contributed by atoms with Crippen LogP contribution in [0.4, 0.5) is 5.69 Å². The van der Waals surface area contributed by atoms with Crippen molar-refractivity contribution in [3.63, 3.8) is 0 Å². The van der Waals surface area contributed by atoms with Crippen molar-refractivity contribution >= 4 is 27.3 Å². The molecule has 0 radical (unpaired) electrons. The molecule has 3 N–H and O–H groups in total. The van der Waals surface area contributed by atoms with Crippen molar-refractivity contribution in [2.24, 2.45) is 0 Å². The largest absolute Gasteiger partial charge is 0.398 e. The number of nitrogens with one attached hydrogen (secondary N) is 1. The third-order valence-electron chi connectivity index (χ3n) is 2.57. The van der Waals surface area contributed by atoms with Crippen molar-refractivity contribution in [1.82, 2.24) is 4.72 Å². The second-order valence-electron chi connectivity index (χ2n) is 4.04. The van der Waals surface area contributed by atoms with Gasteiger partial charge in [0.2, 0.25) is 10.0 Å². The third kappa shape index (κ3) is 3.58. The van der Waals surface area contributed by atoms with Crippen molar-refractivity contribution in [2.75, 3.05) is 19.4 Å². The number of methoxy groups -OCH3 is 1. The number of sulfonamides is 1. The molecule has 0 fully saturated rings. The summed E-state index contributed by atoms with van der Waals surface area (Å²) >= 11 is 5.93. The molecule has 1 aromatic carbocycles. The summed E-state index contributed by atoms with van der Waals surface area (Å²) < 4.78 is 31.5. The number of hydrogen-bond acceptors (Lipinski definition) is 4. The predicted molar refractivity (Wildman–Crippen MR) is 72.3 cm³/mol. The molecule has 5 nitrogen and oxygen atoms in total. The van der Waals surface area contributed by atoms with Crippen molar-refractivity contribution < 1.29 is 13.2 Å². The highest BCUT2D eigenvalue weighted by Gasteiger charge is 2.19. The van der Waals surface area contributed by atoms with Crippen molar-refractivity contribution in [2.45, 2.75) is 24.8 Å². The Hall–Kier alpha value is -0.820. The molecule has 1 aromatic rings. The molecule has 0 heterocycles. The van der Waals surface area contributed by atoms with Crippen LogP contribution < -0.4 is 10.5 Å². The van der Waals surface area contributed by atoms with Crippen molar-refractivity contribution in [1.29, 1.82) is 0 Å². The zero-order chi connectivity index (χ0) is 13.9. The summed E-state index contributed by atoms with van der Waals surface area (Å²) in [7, 11) is -2.17. The summed E-state index contributed by atoms with van der Waals surface area (Å²) in [5.41, 5.74) is 6.82. The van der Waals surface area contributed by atoms with E-state index in [4.69, 9.17) is 22.1 Å². The Bertz CT molecular complexity index is 531. The molecule has 0 saturated carbocycles. The minimum Gasteiger partial charge on any atom is -0.398 e. The lowest BCUT2D eigenvalue weighted by atomic mass is 10.2. The van der Waals surface area contributed by atoms with Gasteiger partial charge in [0.1, 0.15) is 4.90 Å². The molecule has 0 bridgehead atoms. The maximum Gasteiger partial charge on any atom is 0.242 e. The number of hydrogen-bond donors (Lipinski definition) is 2. The predicted octanol–water partition coefficient (Wildman–Crippen LogP) is 1.54. The van der Waals surface area contributed by atoms with Gasteiger partial charge in [0.15, 0.2) is 0 Å². The highest BCUT2D eigenvalue weighted by Crippen LogP contribution is 2.26. The summed E-state index contributed by atoms with van der Waals surface area (Å²) in [4.78, 5) is -0.0180. The Balaban J connectivity index is 3.02.